The molecule has 0 aliphatic rings. The van der Waals surface area contributed by atoms with Crippen LogP contribution in [0.4, 0.5) is 17.7 Å². The normalized spacial score (nSPS) is 10.1. The van der Waals surface area contributed by atoms with E-state index in [1.807, 2.05) is 12.1 Å². The van der Waals surface area contributed by atoms with Crippen molar-refractivity contribution in [1.29, 1.82) is 0 Å². The summed E-state index contributed by atoms with van der Waals surface area (Å²) in [5.74, 6) is 0.706. The second kappa shape index (κ2) is 4.40. The first-order valence-corrected chi connectivity index (χ1v) is 5.18. The first kappa shape index (κ1) is 10.7. The van der Waals surface area contributed by atoms with Crippen LogP contribution in [0.15, 0.2) is 27.1 Å². The molecule has 7 heteroatoms. The summed E-state index contributed by atoms with van der Waals surface area (Å²) in [7, 11) is 1.59. The van der Waals surface area contributed by atoms with E-state index >= 15 is 0 Å². The molecule has 2 rings (SSSR count). The van der Waals surface area contributed by atoms with E-state index in [1.54, 1.807) is 13.2 Å². The van der Waals surface area contributed by atoms with E-state index in [-0.39, 0.29) is 12.0 Å². The summed E-state index contributed by atoms with van der Waals surface area (Å²) in [6, 6.07) is 5.74. The average molecular weight is 285 g/mol. The molecule has 0 saturated heterocycles. The van der Waals surface area contributed by atoms with Gasteiger partial charge in [0, 0.05) is 11.8 Å². The highest BCUT2D eigenvalue weighted by atomic mass is 79.9. The zero-order valence-corrected chi connectivity index (χ0v) is 9.98. The van der Waals surface area contributed by atoms with Crippen molar-refractivity contribution in [1.82, 2.24) is 10.2 Å². The number of anilines is 3. The Labute approximate surface area is 99.9 Å². The standard InChI is InChI=1S/C9H9BrN4O2/c1-15-7-4-5(2-3-6(7)10)12-9-14-13-8(11)16-9/h2-4H,1H3,(H2,11,13)(H,12,14). The summed E-state index contributed by atoms with van der Waals surface area (Å²) in [6.45, 7) is 0. The van der Waals surface area contributed by atoms with Crippen molar-refractivity contribution in [3.63, 3.8) is 0 Å². The van der Waals surface area contributed by atoms with Crippen LogP contribution in [0.5, 0.6) is 5.75 Å². The first-order chi connectivity index (χ1) is 7.69. The molecule has 1 aromatic heterocycles. The largest absolute Gasteiger partial charge is 0.495 e. The number of rotatable bonds is 3. The van der Waals surface area contributed by atoms with Crippen LogP contribution in [-0.4, -0.2) is 17.3 Å². The van der Waals surface area contributed by atoms with E-state index in [0.717, 1.165) is 10.2 Å². The number of halogens is 1. The quantitative estimate of drug-likeness (QED) is 0.898. The maximum Gasteiger partial charge on any atom is 0.321 e. The minimum Gasteiger partial charge on any atom is -0.495 e. The summed E-state index contributed by atoms with van der Waals surface area (Å²) < 4.78 is 11.0. The van der Waals surface area contributed by atoms with Gasteiger partial charge >= 0.3 is 12.0 Å². The van der Waals surface area contributed by atoms with E-state index in [0.29, 0.717) is 5.75 Å². The second-order valence-corrected chi connectivity index (χ2v) is 3.77. The van der Waals surface area contributed by atoms with Crippen molar-refractivity contribution >= 4 is 33.6 Å². The molecule has 0 bridgehead atoms. The van der Waals surface area contributed by atoms with Gasteiger partial charge in [0.25, 0.3) is 0 Å². The molecule has 0 aliphatic carbocycles. The van der Waals surface area contributed by atoms with Crippen LogP contribution in [0, 0.1) is 0 Å². The molecular weight excluding hydrogens is 276 g/mol. The van der Waals surface area contributed by atoms with Gasteiger partial charge in [-0.05, 0) is 28.1 Å². The minimum absolute atomic E-state index is 0.0200. The molecule has 0 aliphatic heterocycles. The summed E-state index contributed by atoms with van der Waals surface area (Å²) >= 11 is 3.36. The van der Waals surface area contributed by atoms with Gasteiger partial charge in [-0.3, -0.25) is 0 Å². The molecule has 1 aromatic carbocycles. The van der Waals surface area contributed by atoms with E-state index in [4.69, 9.17) is 14.9 Å². The molecule has 0 amide bonds. The van der Waals surface area contributed by atoms with Gasteiger partial charge in [-0.1, -0.05) is 10.2 Å². The zero-order valence-electron chi connectivity index (χ0n) is 8.40. The minimum atomic E-state index is 0.0200. The highest BCUT2D eigenvalue weighted by Crippen LogP contribution is 2.29. The third kappa shape index (κ3) is 2.25. The monoisotopic (exact) mass is 284 g/mol. The van der Waals surface area contributed by atoms with Crippen molar-refractivity contribution in [3.05, 3.63) is 22.7 Å². The Balaban J connectivity index is 2.21. The van der Waals surface area contributed by atoms with Gasteiger partial charge in [-0.15, -0.1) is 0 Å². The third-order valence-electron chi connectivity index (χ3n) is 1.84. The van der Waals surface area contributed by atoms with Gasteiger partial charge in [-0.25, -0.2) is 0 Å². The topological polar surface area (TPSA) is 86.2 Å². The second-order valence-electron chi connectivity index (χ2n) is 2.92. The van der Waals surface area contributed by atoms with Gasteiger partial charge < -0.3 is 20.2 Å². The van der Waals surface area contributed by atoms with Crippen LogP contribution in [0.3, 0.4) is 0 Å². The molecular formula is C9H9BrN4O2. The Morgan fingerprint density at radius 1 is 1.44 bits per heavy atom. The van der Waals surface area contributed by atoms with Crippen LogP contribution in [0.1, 0.15) is 0 Å². The Hall–Kier alpha value is -1.76. The Bertz CT molecular complexity index is 500. The number of nitrogens with two attached hydrogens (primary N) is 1. The number of benzene rings is 1. The number of nitrogens with one attached hydrogen (secondary N) is 1. The Kier molecular flexibility index (Phi) is 2.95. The van der Waals surface area contributed by atoms with Crippen LogP contribution >= 0.6 is 15.9 Å². The number of nitrogen functional groups attached to an aromatic ring is 1. The predicted molar refractivity (Wildman–Crippen MR) is 62.7 cm³/mol. The molecule has 0 unspecified atom stereocenters. The lowest BCUT2D eigenvalue weighted by Gasteiger charge is -2.06. The fraction of sp³-hybridized carbons (Fsp3) is 0.111. The smallest absolute Gasteiger partial charge is 0.321 e. The van der Waals surface area contributed by atoms with Crippen LogP contribution in [0.25, 0.3) is 0 Å². The average Bonchev–Trinajstić information content (AvgIpc) is 2.67. The molecule has 0 fully saturated rings. The first-order valence-electron chi connectivity index (χ1n) is 4.38. The number of nitrogens with zero attached hydrogens (tertiary/aromatic N) is 2. The summed E-state index contributed by atoms with van der Waals surface area (Å²) in [6.07, 6.45) is 0. The maximum atomic E-state index is 5.30. The number of methoxy groups -OCH3 is 1. The van der Waals surface area contributed by atoms with Crippen molar-refractivity contribution in [2.45, 2.75) is 0 Å². The van der Waals surface area contributed by atoms with Crippen molar-refractivity contribution < 1.29 is 9.15 Å². The van der Waals surface area contributed by atoms with E-state index in [2.05, 4.69) is 31.4 Å². The molecule has 0 spiro atoms. The van der Waals surface area contributed by atoms with Gasteiger partial charge in [0.15, 0.2) is 0 Å². The maximum absolute atomic E-state index is 5.30. The van der Waals surface area contributed by atoms with Crippen molar-refractivity contribution in [3.8, 4) is 5.75 Å². The van der Waals surface area contributed by atoms with Crippen molar-refractivity contribution in [2.75, 3.05) is 18.2 Å². The Morgan fingerprint density at radius 3 is 2.88 bits per heavy atom. The van der Waals surface area contributed by atoms with Gasteiger partial charge in [0.2, 0.25) is 0 Å². The van der Waals surface area contributed by atoms with Crippen LogP contribution in [-0.2, 0) is 0 Å². The number of aromatic nitrogens is 2. The van der Waals surface area contributed by atoms with Crippen LogP contribution in [0.2, 0.25) is 0 Å². The fourth-order valence-corrected chi connectivity index (χ4v) is 1.55. The van der Waals surface area contributed by atoms with E-state index in [1.165, 1.54) is 0 Å². The lowest BCUT2D eigenvalue weighted by molar-refractivity contribution is 0.412. The predicted octanol–water partition coefficient (Wildman–Crippen LogP) is 2.17. The number of hydrogen-bond donors (Lipinski definition) is 2. The molecule has 0 atom stereocenters. The van der Waals surface area contributed by atoms with Crippen molar-refractivity contribution in [2.24, 2.45) is 0 Å². The molecule has 0 saturated carbocycles. The molecule has 1 heterocycles. The zero-order chi connectivity index (χ0) is 11.5. The molecule has 2 aromatic rings. The van der Waals surface area contributed by atoms with Crippen LogP contribution < -0.4 is 15.8 Å². The van der Waals surface area contributed by atoms with Gasteiger partial charge in [-0.2, -0.15) is 0 Å². The van der Waals surface area contributed by atoms with E-state index in [9.17, 15) is 0 Å². The molecule has 3 N–H and O–H groups in total. The Morgan fingerprint density at radius 2 is 2.25 bits per heavy atom. The fourth-order valence-electron chi connectivity index (χ4n) is 1.15. The lowest BCUT2D eigenvalue weighted by atomic mass is 10.3. The molecule has 84 valence electrons. The van der Waals surface area contributed by atoms with Gasteiger partial charge in [0.1, 0.15) is 5.75 Å². The SMILES string of the molecule is COc1cc(Nc2nnc(N)o2)ccc1Br. The molecule has 16 heavy (non-hydrogen) atoms. The number of ether oxygens (including phenoxy) is 1. The highest BCUT2D eigenvalue weighted by Gasteiger charge is 2.05. The van der Waals surface area contributed by atoms with Gasteiger partial charge in [0.05, 0.1) is 11.6 Å². The molecule has 0 radical (unpaired) electrons. The molecule has 6 nitrogen and oxygen atoms in total. The summed E-state index contributed by atoms with van der Waals surface area (Å²) in [5.41, 5.74) is 6.07. The summed E-state index contributed by atoms with van der Waals surface area (Å²) in [5, 5.41) is 10.1. The lowest BCUT2D eigenvalue weighted by Crippen LogP contribution is -1.92. The number of hydrogen-bond acceptors (Lipinski definition) is 6. The van der Waals surface area contributed by atoms with E-state index < -0.39 is 0 Å². The highest BCUT2D eigenvalue weighted by molar-refractivity contribution is 9.10. The third-order valence-corrected chi connectivity index (χ3v) is 2.50. The summed E-state index contributed by atoms with van der Waals surface area (Å²) in [4.78, 5) is 0.